The van der Waals surface area contributed by atoms with Crippen molar-refractivity contribution in [2.45, 2.75) is 70.9 Å². The molecule has 2 rings (SSSR count). The highest BCUT2D eigenvalue weighted by molar-refractivity contribution is 5.86. The highest BCUT2D eigenvalue weighted by atomic mass is 16.5. The third-order valence-electron chi connectivity index (χ3n) is 5.07. The summed E-state index contributed by atoms with van der Waals surface area (Å²) in [6.45, 7) is 8.79. The summed E-state index contributed by atoms with van der Waals surface area (Å²) in [7, 11) is 1.67. The van der Waals surface area contributed by atoms with Crippen molar-refractivity contribution in [2.24, 2.45) is 5.84 Å². The number of rotatable bonds is 6. The fourth-order valence-electron chi connectivity index (χ4n) is 4.02. The van der Waals surface area contributed by atoms with E-state index in [4.69, 9.17) is 10.6 Å². The van der Waals surface area contributed by atoms with Gasteiger partial charge in [0.1, 0.15) is 11.8 Å². The Bertz CT molecular complexity index is 586. The summed E-state index contributed by atoms with van der Waals surface area (Å²) in [5, 5.41) is 0. The number of hydrazine groups is 1. The second-order valence-electron chi connectivity index (χ2n) is 7.38. The normalized spacial score (nSPS) is 20.2. The van der Waals surface area contributed by atoms with Gasteiger partial charge in [-0.15, -0.1) is 0 Å². The van der Waals surface area contributed by atoms with Crippen LogP contribution in [0.3, 0.4) is 0 Å². The maximum absolute atomic E-state index is 12.5. The number of fused-ring (bicyclic) bond motifs is 1. The van der Waals surface area contributed by atoms with Gasteiger partial charge >= 0.3 is 0 Å². The summed E-state index contributed by atoms with van der Waals surface area (Å²) in [5.41, 5.74) is 4.58. The van der Waals surface area contributed by atoms with E-state index in [0.717, 1.165) is 37.1 Å². The van der Waals surface area contributed by atoms with E-state index in [-0.39, 0.29) is 17.5 Å². The molecular formula is C19H31N3O2. The molecule has 5 heteroatoms. The maximum atomic E-state index is 12.5. The van der Waals surface area contributed by atoms with Gasteiger partial charge in [0.05, 0.1) is 7.11 Å². The Morgan fingerprint density at radius 2 is 2.21 bits per heavy atom. The highest BCUT2D eigenvalue weighted by Gasteiger charge is 2.42. The molecule has 0 aromatic heterocycles. The van der Waals surface area contributed by atoms with Crippen molar-refractivity contribution in [1.82, 2.24) is 5.43 Å². The van der Waals surface area contributed by atoms with Crippen molar-refractivity contribution < 1.29 is 9.53 Å². The standard InChI is InChI=1S/C19H31N3O2/c1-6-7-8-16(18(23)21-20)22-17-11-14(24-5)9-10-15(17)13(2)12-19(22,3)4/h9-11,13,16H,6-8,12,20H2,1-5H3,(H,21,23)/t13-,16+/m0/s1. The number of anilines is 1. The molecule has 0 saturated heterocycles. The number of carbonyl (C=O) groups is 1. The van der Waals surface area contributed by atoms with E-state index in [1.54, 1.807) is 7.11 Å². The molecule has 0 aliphatic carbocycles. The van der Waals surface area contributed by atoms with E-state index in [9.17, 15) is 4.79 Å². The molecule has 24 heavy (non-hydrogen) atoms. The SMILES string of the molecule is CCCC[C@H](C(=O)NN)N1c2cc(OC)ccc2[C@@H](C)CC1(C)C. The molecule has 2 atom stereocenters. The van der Waals surface area contributed by atoms with Gasteiger partial charge < -0.3 is 9.64 Å². The molecule has 134 valence electrons. The number of hydrogen-bond acceptors (Lipinski definition) is 4. The molecule has 0 radical (unpaired) electrons. The molecule has 0 fully saturated rings. The van der Waals surface area contributed by atoms with Crippen LogP contribution in [0.5, 0.6) is 5.75 Å². The van der Waals surface area contributed by atoms with Crippen LogP contribution >= 0.6 is 0 Å². The van der Waals surface area contributed by atoms with Gasteiger partial charge in [-0.05, 0) is 44.2 Å². The van der Waals surface area contributed by atoms with E-state index >= 15 is 0 Å². The molecule has 1 aromatic carbocycles. The summed E-state index contributed by atoms with van der Waals surface area (Å²) in [5.74, 6) is 6.61. The van der Waals surface area contributed by atoms with Crippen LogP contribution in [0, 0.1) is 0 Å². The fraction of sp³-hybridized carbons (Fsp3) is 0.632. The number of amides is 1. The summed E-state index contributed by atoms with van der Waals surface area (Å²) >= 11 is 0. The van der Waals surface area contributed by atoms with Gasteiger partial charge in [-0.25, -0.2) is 5.84 Å². The summed E-state index contributed by atoms with van der Waals surface area (Å²) < 4.78 is 5.43. The lowest BCUT2D eigenvalue weighted by molar-refractivity contribution is -0.123. The molecule has 1 aromatic rings. The Labute approximate surface area is 145 Å². The zero-order valence-electron chi connectivity index (χ0n) is 15.6. The minimum Gasteiger partial charge on any atom is -0.497 e. The smallest absolute Gasteiger partial charge is 0.256 e. The average Bonchev–Trinajstić information content (AvgIpc) is 2.55. The Morgan fingerprint density at radius 1 is 1.50 bits per heavy atom. The first kappa shape index (κ1) is 18.6. The van der Waals surface area contributed by atoms with Crippen molar-refractivity contribution in [3.8, 4) is 5.75 Å². The summed E-state index contributed by atoms with van der Waals surface area (Å²) in [4.78, 5) is 14.8. The Hall–Kier alpha value is -1.75. The van der Waals surface area contributed by atoms with Crippen molar-refractivity contribution in [3.05, 3.63) is 23.8 Å². The second-order valence-corrected chi connectivity index (χ2v) is 7.38. The molecule has 5 nitrogen and oxygen atoms in total. The second kappa shape index (κ2) is 7.43. The van der Waals surface area contributed by atoms with E-state index in [1.165, 1.54) is 5.56 Å². The van der Waals surface area contributed by atoms with Crippen molar-refractivity contribution in [1.29, 1.82) is 0 Å². The largest absolute Gasteiger partial charge is 0.497 e. The van der Waals surface area contributed by atoms with E-state index in [0.29, 0.717) is 5.92 Å². The Kier molecular flexibility index (Phi) is 5.75. The first-order valence-corrected chi connectivity index (χ1v) is 8.83. The average molecular weight is 333 g/mol. The third-order valence-corrected chi connectivity index (χ3v) is 5.07. The van der Waals surface area contributed by atoms with E-state index < -0.39 is 0 Å². The Balaban J connectivity index is 2.55. The van der Waals surface area contributed by atoms with Crippen LogP contribution in [-0.4, -0.2) is 24.6 Å². The predicted molar refractivity (Wildman–Crippen MR) is 98.2 cm³/mol. The minimum atomic E-state index is -0.275. The molecule has 0 bridgehead atoms. The summed E-state index contributed by atoms with van der Waals surface area (Å²) in [6.07, 6.45) is 3.81. The zero-order chi connectivity index (χ0) is 17.9. The van der Waals surface area contributed by atoms with E-state index in [1.807, 2.05) is 6.07 Å². The number of nitrogens with two attached hydrogens (primary N) is 1. The molecule has 3 N–H and O–H groups in total. The number of hydrogen-bond donors (Lipinski definition) is 2. The van der Waals surface area contributed by atoms with Gasteiger partial charge in [0.15, 0.2) is 0 Å². The van der Waals surface area contributed by atoms with Gasteiger partial charge in [0.25, 0.3) is 5.91 Å². The molecule has 1 aliphatic rings. The summed E-state index contributed by atoms with van der Waals surface area (Å²) in [6, 6.07) is 5.90. The van der Waals surface area contributed by atoms with E-state index in [2.05, 4.69) is 50.2 Å². The monoisotopic (exact) mass is 333 g/mol. The number of unbranched alkanes of at least 4 members (excludes halogenated alkanes) is 1. The lowest BCUT2D eigenvalue weighted by Gasteiger charge is -2.50. The third kappa shape index (κ3) is 3.51. The lowest BCUT2D eigenvalue weighted by Crippen LogP contribution is -2.59. The quantitative estimate of drug-likeness (QED) is 0.476. The van der Waals surface area contributed by atoms with Crippen LogP contribution in [0.2, 0.25) is 0 Å². The maximum Gasteiger partial charge on any atom is 0.256 e. The number of nitrogens with one attached hydrogen (secondary N) is 1. The lowest BCUT2D eigenvalue weighted by atomic mass is 9.78. The number of methoxy groups -OCH3 is 1. The number of nitrogens with zero attached hydrogens (tertiary/aromatic N) is 1. The van der Waals surface area contributed by atoms with Gasteiger partial charge in [-0.2, -0.15) is 0 Å². The number of carbonyl (C=O) groups excluding carboxylic acids is 1. The zero-order valence-corrected chi connectivity index (χ0v) is 15.6. The molecule has 0 spiro atoms. The van der Waals surface area contributed by atoms with Crippen LogP contribution in [0.15, 0.2) is 18.2 Å². The van der Waals surface area contributed by atoms with Crippen LogP contribution in [0.25, 0.3) is 0 Å². The minimum absolute atomic E-state index is 0.125. The van der Waals surface area contributed by atoms with Gasteiger partial charge in [-0.1, -0.05) is 32.8 Å². The first-order valence-electron chi connectivity index (χ1n) is 8.83. The first-order chi connectivity index (χ1) is 11.4. The molecular weight excluding hydrogens is 302 g/mol. The van der Waals surface area contributed by atoms with Crippen molar-refractivity contribution in [3.63, 3.8) is 0 Å². The molecule has 0 unspecified atom stereocenters. The molecule has 0 saturated carbocycles. The highest BCUT2D eigenvalue weighted by Crippen LogP contribution is 2.46. The van der Waals surface area contributed by atoms with Crippen LogP contribution < -0.4 is 20.9 Å². The number of benzene rings is 1. The Morgan fingerprint density at radius 3 is 2.79 bits per heavy atom. The topological polar surface area (TPSA) is 67.6 Å². The predicted octanol–water partition coefficient (Wildman–Crippen LogP) is 3.34. The molecule has 1 heterocycles. The number of ether oxygens (including phenoxy) is 1. The van der Waals surface area contributed by atoms with Gasteiger partial charge in [0, 0.05) is 17.3 Å². The van der Waals surface area contributed by atoms with Crippen LogP contribution in [0.4, 0.5) is 5.69 Å². The van der Waals surface area contributed by atoms with Gasteiger partial charge in [-0.3, -0.25) is 10.2 Å². The van der Waals surface area contributed by atoms with Crippen LogP contribution in [0.1, 0.15) is 64.9 Å². The van der Waals surface area contributed by atoms with Crippen LogP contribution in [-0.2, 0) is 4.79 Å². The van der Waals surface area contributed by atoms with Crippen molar-refractivity contribution in [2.75, 3.05) is 12.0 Å². The van der Waals surface area contributed by atoms with Crippen molar-refractivity contribution >= 4 is 11.6 Å². The fourth-order valence-corrected chi connectivity index (χ4v) is 4.02. The molecule has 1 amide bonds. The van der Waals surface area contributed by atoms with Gasteiger partial charge in [0.2, 0.25) is 0 Å². The molecule has 1 aliphatic heterocycles.